The number of ether oxygens (including phenoxy) is 2. The molecule has 1 aromatic rings. The molecule has 0 bridgehead atoms. The van der Waals surface area contributed by atoms with Crippen molar-refractivity contribution in [3.63, 3.8) is 0 Å². The van der Waals surface area contributed by atoms with Crippen molar-refractivity contribution >= 4 is 35.0 Å². The molecule has 0 spiro atoms. The fraction of sp³-hybridized carbons (Fsp3) is 0.235. The van der Waals surface area contributed by atoms with Gasteiger partial charge in [0.25, 0.3) is 0 Å². The number of rotatable bonds is 3. The fourth-order valence-corrected chi connectivity index (χ4v) is 2.87. The zero-order valence-corrected chi connectivity index (χ0v) is 14.2. The van der Waals surface area contributed by atoms with Gasteiger partial charge >= 0.3 is 11.9 Å². The molecule has 0 amide bonds. The second-order valence-corrected chi connectivity index (χ2v) is 5.46. The van der Waals surface area contributed by atoms with Crippen molar-refractivity contribution in [2.75, 3.05) is 14.2 Å². The average Bonchev–Trinajstić information content (AvgIpc) is 2.60. The Bertz CT molecular complexity index is 789. The molecule has 0 saturated carbocycles. The van der Waals surface area contributed by atoms with E-state index in [2.05, 4.69) is 15.9 Å². The number of carbonyl (C=O) groups excluding carboxylic acids is 2. The summed E-state index contributed by atoms with van der Waals surface area (Å²) in [6.07, 6.45) is 0. The number of hydrogen-bond donors (Lipinski definition) is 1. The number of allylic oxidation sites excluding steroid dienone is 1. The topological polar surface area (TPSA) is 86.9 Å². The van der Waals surface area contributed by atoms with Gasteiger partial charge in [-0.2, -0.15) is 0 Å². The summed E-state index contributed by atoms with van der Waals surface area (Å²) in [5.74, 6) is 0.399. The maximum absolute atomic E-state index is 12.2. The van der Waals surface area contributed by atoms with E-state index in [1.807, 2.05) is 0 Å². The first-order valence-corrected chi connectivity index (χ1v) is 7.41. The molecule has 1 atom stereocenters. The minimum absolute atomic E-state index is 0.252. The predicted octanol–water partition coefficient (Wildman–Crippen LogP) is 2.10. The molecule has 1 aliphatic rings. The van der Waals surface area contributed by atoms with Gasteiger partial charge in [-0.05, 0) is 24.6 Å². The van der Waals surface area contributed by atoms with Crippen LogP contribution in [0.3, 0.4) is 0 Å². The molecule has 1 N–H and O–H groups in total. The van der Waals surface area contributed by atoms with Crippen LogP contribution in [0.15, 0.2) is 41.1 Å². The lowest BCUT2D eigenvalue weighted by Crippen LogP contribution is -2.35. The molecule has 1 unspecified atom stereocenters. The Morgan fingerprint density at radius 2 is 1.75 bits per heavy atom. The van der Waals surface area contributed by atoms with Crippen LogP contribution in [0.4, 0.5) is 0 Å². The number of benzene rings is 1. The SMILES string of the molecule is COC(=O)C1=C(C)NC(=S)C(=C=[N-])C1c1ccc(C(=O)OC)cc1. The number of nitrogens with zero attached hydrogens (tertiary/aromatic N) is 1. The van der Waals surface area contributed by atoms with Crippen molar-refractivity contribution in [1.29, 1.82) is 0 Å². The number of methoxy groups -OCH3 is 2. The minimum atomic E-state index is -0.650. The molecule has 1 aliphatic heterocycles. The summed E-state index contributed by atoms with van der Waals surface area (Å²) in [6, 6.07) is 6.48. The molecular weight excluding hydrogens is 328 g/mol. The van der Waals surface area contributed by atoms with Crippen LogP contribution in [0.1, 0.15) is 28.8 Å². The molecule has 2 rings (SSSR count). The van der Waals surface area contributed by atoms with E-state index in [4.69, 9.17) is 17.0 Å². The first-order valence-electron chi connectivity index (χ1n) is 7.00. The van der Waals surface area contributed by atoms with Crippen LogP contribution in [-0.4, -0.2) is 37.0 Å². The van der Waals surface area contributed by atoms with Crippen LogP contribution in [0.2, 0.25) is 0 Å². The Morgan fingerprint density at radius 1 is 1.17 bits per heavy atom. The molecule has 7 heteroatoms. The zero-order valence-electron chi connectivity index (χ0n) is 13.4. The van der Waals surface area contributed by atoms with Gasteiger partial charge in [0.05, 0.1) is 31.3 Å². The van der Waals surface area contributed by atoms with E-state index in [1.165, 1.54) is 14.2 Å². The van der Waals surface area contributed by atoms with Gasteiger partial charge in [0.2, 0.25) is 0 Å². The highest BCUT2D eigenvalue weighted by Crippen LogP contribution is 2.36. The Morgan fingerprint density at radius 3 is 2.25 bits per heavy atom. The van der Waals surface area contributed by atoms with Gasteiger partial charge < -0.3 is 20.2 Å². The van der Waals surface area contributed by atoms with Crippen LogP contribution >= 0.6 is 12.2 Å². The van der Waals surface area contributed by atoms with E-state index < -0.39 is 17.9 Å². The highest BCUT2D eigenvalue weighted by molar-refractivity contribution is 7.80. The number of carbonyl (C=O) groups is 2. The Kier molecular flexibility index (Phi) is 5.28. The van der Waals surface area contributed by atoms with Gasteiger partial charge in [0.15, 0.2) is 0 Å². The van der Waals surface area contributed by atoms with E-state index in [0.717, 1.165) is 0 Å². The van der Waals surface area contributed by atoms with Crippen molar-refractivity contribution in [2.24, 2.45) is 0 Å². The molecule has 1 aromatic carbocycles. The van der Waals surface area contributed by atoms with Crippen LogP contribution in [0.25, 0.3) is 5.41 Å². The molecule has 1 heterocycles. The Balaban J connectivity index is 2.59. The third kappa shape index (κ3) is 3.13. The highest BCUT2D eigenvalue weighted by atomic mass is 32.1. The average molecular weight is 343 g/mol. The third-order valence-corrected chi connectivity index (χ3v) is 4.04. The molecule has 124 valence electrons. The molecule has 6 nitrogen and oxygen atoms in total. The van der Waals surface area contributed by atoms with Gasteiger partial charge in [-0.15, -0.1) is 0 Å². The normalized spacial score (nSPS) is 17.0. The summed E-state index contributed by atoms with van der Waals surface area (Å²) in [7, 11) is 2.57. The quantitative estimate of drug-likeness (QED) is 0.391. The van der Waals surface area contributed by atoms with E-state index >= 15 is 0 Å². The lowest BCUT2D eigenvalue weighted by Gasteiger charge is -2.30. The first-order chi connectivity index (χ1) is 11.4. The van der Waals surface area contributed by atoms with Crippen molar-refractivity contribution < 1.29 is 19.1 Å². The van der Waals surface area contributed by atoms with Gasteiger partial charge in [0.1, 0.15) is 4.99 Å². The summed E-state index contributed by atoms with van der Waals surface area (Å²) in [5.41, 5.74) is 2.13. The monoisotopic (exact) mass is 343 g/mol. The van der Waals surface area contributed by atoms with Gasteiger partial charge in [-0.25, -0.2) is 9.59 Å². The molecule has 0 fully saturated rings. The number of esters is 2. The second kappa shape index (κ2) is 7.21. The molecule has 0 aliphatic carbocycles. The molecule has 24 heavy (non-hydrogen) atoms. The lowest BCUT2D eigenvalue weighted by molar-refractivity contribution is -0.136. The van der Waals surface area contributed by atoms with Crippen LogP contribution < -0.4 is 5.32 Å². The van der Waals surface area contributed by atoms with E-state index in [9.17, 15) is 15.0 Å². The zero-order chi connectivity index (χ0) is 17.9. The van der Waals surface area contributed by atoms with E-state index in [-0.39, 0.29) is 10.6 Å². The summed E-state index contributed by atoms with van der Waals surface area (Å²) in [4.78, 5) is 24.0. The Labute approximate surface area is 144 Å². The molecule has 0 aromatic heterocycles. The summed E-state index contributed by atoms with van der Waals surface area (Å²) < 4.78 is 9.51. The van der Waals surface area contributed by atoms with E-state index in [0.29, 0.717) is 22.4 Å². The van der Waals surface area contributed by atoms with Crippen molar-refractivity contribution in [1.82, 2.24) is 5.32 Å². The van der Waals surface area contributed by atoms with Gasteiger partial charge in [0, 0.05) is 11.3 Å². The summed E-state index contributed by atoms with van der Waals surface area (Å²) in [6.45, 7) is 1.70. The molecule has 0 saturated heterocycles. The number of nitrogens with one attached hydrogen (secondary N) is 1. The fourth-order valence-electron chi connectivity index (χ4n) is 2.56. The van der Waals surface area contributed by atoms with Crippen LogP contribution in [-0.2, 0) is 14.3 Å². The standard InChI is InChI=1S/C17H15N2O4S/c1-9-13(17(21)23-3)14(12(8-18)15(24)19-9)10-4-6-11(7-5-10)16(20)22-2/h4-7,14H,1-3H3,(H,19,24)/q-1. The summed E-state index contributed by atoms with van der Waals surface area (Å²) >= 11 is 5.21. The minimum Gasteiger partial charge on any atom is -0.763 e. The maximum atomic E-state index is 12.2. The van der Waals surface area contributed by atoms with Gasteiger partial charge in [-0.3, -0.25) is 5.87 Å². The lowest BCUT2D eigenvalue weighted by atomic mass is 9.81. The van der Waals surface area contributed by atoms with E-state index in [1.54, 1.807) is 31.2 Å². The maximum Gasteiger partial charge on any atom is 0.337 e. The second-order valence-electron chi connectivity index (χ2n) is 5.06. The summed E-state index contributed by atoms with van der Waals surface area (Å²) in [5, 5.41) is 12.3. The molecule has 0 radical (unpaired) electrons. The Hall–Kier alpha value is -2.76. The smallest absolute Gasteiger partial charge is 0.337 e. The van der Waals surface area contributed by atoms with Crippen molar-refractivity contribution in [2.45, 2.75) is 12.8 Å². The first kappa shape index (κ1) is 17.6. The van der Waals surface area contributed by atoms with Crippen molar-refractivity contribution in [3.05, 3.63) is 57.6 Å². The number of thiocarbonyl (C=S) groups is 1. The highest BCUT2D eigenvalue weighted by Gasteiger charge is 2.34. The third-order valence-electron chi connectivity index (χ3n) is 3.72. The van der Waals surface area contributed by atoms with Gasteiger partial charge in [-0.1, -0.05) is 24.4 Å². The van der Waals surface area contributed by atoms with Crippen molar-refractivity contribution in [3.8, 4) is 0 Å². The molecular formula is C17H15N2O4S-. The predicted molar refractivity (Wildman–Crippen MR) is 92.9 cm³/mol. The van der Waals surface area contributed by atoms with Crippen LogP contribution in [0.5, 0.6) is 0 Å². The number of hydrogen-bond acceptors (Lipinski definition) is 5. The van der Waals surface area contributed by atoms with Crippen LogP contribution in [0, 0.1) is 0 Å². The largest absolute Gasteiger partial charge is 0.763 e.